The maximum Gasteiger partial charge on any atom is 0.276 e. The molecule has 0 aromatic heterocycles. The van der Waals surface area contributed by atoms with Crippen molar-refractivity contribution in [3.8, 4) is 5.75 Å². The number of hydrogen-bond donors (Lipinski definition) is 2. The first kappa shape index (κ1) is 23.8. The molecule has 0 aliphatic heterocycles. The van der Waals surface area contributed by atoms with Crippen molar-refractivity contribution >= 4 is 50.7 Å². The molecule has 2 N–H and O–H groups in total. The maximum atomic E-state index is 12.9. The summed E-state index contributed by atoms with van der Waals surface area (Å²) in [5.74, 6) is -0.530. The van der Waals surface area contributed by atoms with Gasteiger partial charge >= 0.3 is 0 Å². The van der Waals surface area contributed by atoms with E-state index in [1.807, 2.05) is 0 Å². The summed E-state index contributed by atoms with van der Waals surface area (Å²) in [7, 11) is -2.74. The Balaban J connectivity index is 1.82. The van der Waals surface area contributed by atoms with Gasteiger partial charge < -0.3 is 10.1 Å². The third kappa shape index (κ3) is 6.09. The molecule has 170 valence electrons. The van der Waals surface area contributed by atoms with E-state index in [2.05, 4.69) is 10.0 Å². The summed E-state index contributed by atoms with van der Waals surface area (Å²) in [4.78, 5) is 22.7. The number of halogens is 1. The molecule has 0 aliphatic rings. The average molecular weight is 488 g/mol. The molecular weight excluding hydrogens is 470 g/mol. The summed E-state index contributed by atoms with van der Waals surface area (Å²) in [6.45, 7) is 0. The lowest BCUT2D eigenvalue weighted by atomic mass is 10.1. The summed E-state index contributed by atoms with van der Waals surface area (Å²) in [5, 5.41) is 14.1. The van der Waals surface area contributed by atoms with Gasteiger partial charge in [0.2, 0.25) is 5.91 Å². The molecule has 0 unspecified atom stereocenters. The highest BCUT2D eigenvalue weighted by Crippen LogP contribution is 2.29. The number of sulfonamides is 1. The largest absolute Gasteiger partial charge is 0.495 e. The number of nitrogens with one attached hydrogen (secondary N) is 2. The van der Waals surface area contributed by atoms with E-state index in [-0.39, 0.29) is 27.6 Å². The number of nitrogens with zero attached hydrogens (tertiary/aromatic N) is 1. The SMILES string of the molecule is COc1ccc(NC(=O)/C=C/c2ccccc2[N+](=O)[O-])cc1S(=O)(=O)Nc1ccc(Cl)cc1. The molecule has 3 aromatic rings. The van der Waals surface area contributed by atoms with Crippen molar-refractivity contribution in [1.82, 2.24) is 0 Å². The van der Waals surface area contributed by atoms with Crippen LogP contribution in [0, 0.1) is 10.1 Å². The molecule has 9 nitrogen and oxygen atoms in total. The molecule has 0 saturated carbocycles. The zero-order valence-corrected chi connectivity index (χ0v) is 18.8. The van der Waals surface area contributed by atoms with Crippen molar-refractivity contribution in [2.45, 2.75) is 4.90 Å². The van der Waals surface area contributed by atoms with Crippen LogP contribution in [0.3, 0.4) is 0 Å². The molecule has 0 saturated heterocycles. The first-order chi connectivity index (χ1) is 15.7. The smallest absolute Gasteiger partial charge is 0.276 e. The van der Waals surface area contributed by atoms with Crippen LogP contribution in [0.5, 0.6) is 5.75 Å². The lowest BCUT2D eigenvalue weighted by Crippen LogP contribution is -2.15. The molecule has 0 fully saturated rings. The Kier molecular flexibility index (Phi) is 7.31. The van der Waals surface area contributed by atoms with Gasteiger partial charge in [0.15, 0.2) is 0 Å². The first-order valence-corrected chi connectivity index (χ1v) is 11.2. The number of ether oxygens (including phenoxy) is 1. The van der Waals surface area contributed by atoms with E-state index in [0.29, 0.717) is 10.7 Å². The van der Waals surface area contributed by atoms with Crippen LogP contribution in [-0.2, 0) is 14.8 Å². The fraction of sp³-hybridized carbons (Fsp3) is 0.0455. The highest BCUT2D eigenvalue weighted by Gasteiger charge is 2.21. The van der Waals surface area contributed by atoms with E-state index >= 15 is 0 Å². The normalized spacial score (nSPS) is 11.2. The van der Waals surface area contributed by atoms with Gasteiger partial charge in [0.25, 0.3) is 15.7 Å². The summed E-state index contributed by atoms with van der Waals surface area (Å²) in [6, 6.07) is 16.2. The highest BCUT2D eigenvalue weighted by atomic mass is 35.5. The Morgan fingerprint density at radius 3 is 2.39 bits per heavy atom. The Labute approximate surface area is 194 Å². The predicted octanol–water partition coefficient (Wildman–Crippen LogP) is 4.71. The maximum absolute atomic E-state index is 12.9. The van der Waals surface area contributed by atoms with Crippen LogP contribution >= 0.6 is 11.6 Å². The molecule has 11 heteroatoms. The Morgan fingerprint density at radius 2 is 1.73 bits per heavy atom. The van der Waals surface area contributed by atoms with Gasteiger partial charge in [-0.2, -0.15) is 0 Å². The summed E-state index contributed by atoms with van der Waals surface area (Å²) in [6.07, 6.45) is 2.42. The molecular formula is C22H18ClN3O6S. The van der Waals surface area contributed by atoms with Crippen LogP contribution < -0.4 is 14.8 Å². The molecule has 0 heterocycles. The molecule has 0 spiro atoms. The minimum Gasteiger partial charge on any atom is -0.495 e. The Hall–Kier alpha value is -3.89. The zero-order valence-electron chi connectivity index (χ0n) is 17.2. The van der Waals surface area contributed by atoms with Crippen molar-refractivity contribution in [3.05, 3.63) is 93.5 Å². The number of amides is 1. The van der Waals surface area contributed by atoms with Crippen LogP contribution in [-0.4, -0.2) is 26.4 Å². The van der Waals surface area contributed by atoms with Gasteiger partial charge in [-0.3, -0.25) is 19.6 Å². The number of nitro groups is 1. The number of hydrogen-bond acceptors (Lipinski definition) is 6. The lowest BCUT2D eigenvalue weighted by molar-refractivity contribution is -0.385. The van der Waals surface area contributed by atoms with E-state index in [4.69, 9.17) is 16.3 Å². The van der Waals surface area contributed by atoms with Crippen LogP contribution in [0.2, 0.25) is 5.02 Å². The minimum absolute atomic E-state index is 0.0740. The number of carbonyl (C=O) groups excluding carboxylic acids is 1. The average Bonchev–Trinajstić information content (AvgIpc) is 2.79. The third-order valence-electron chi connectivity index (χ3n) is 4.36. The van der Waals surface area contributed by atoms with Crippen molar-refractivity contribution in [3.63, 3.8) is 0 Å². The van der Waals surface area contributed by atoms with Crippen molar-refractivity contribution in [2.75, 3.05) is 17.1 Å². The molecule has 0 radical (unpaired) electrons. The standard InChI is InChI=1S/C22H18ClN3O6S/c1-32-20-12-11-18(14-21(20)33(30,31)25-17-9-7-16(23)8-10-17)24-22(27)13-6-15-4-2-3-5-19(15)26(28)29/h2-14,25H,1H3,(H,24,27)/b13-6+. The van der Waals surface area contributed by atoms with Gasteiger partial charge in [-0.1, -0.05) is 23.7 Å². The van der Waals surface area contributed by atoms with Crippen molar-refractivity contribution in [2.24, 2.45) is 0 Å². The minimum atomic E-state index is -4.06. The summed E-state index contributed by atoms with van der Waals surface area (Å²) in [5.41, 5.74) is 0.586. The number of nitro benzene ring substituents is 1. The zero-order chi connectivity index (χ0) is 24.0. The number of rotatable bonds is 8. The second-order valence-corrected chi connectivity index (χ2v) is 8.70. The molecule has 1 amide bonds. The van der Waals surface area contributed by atoms with Crippen molar-refractivity contribution < 1.29 is 22.9 Å². The van der Waals surface area contributed by atoms with Crippen molar-refractivity contribution in [1.29, 1.82) is 0 Å². The first-order valence-electron chi connectivity index (χ1n) is 9.38. The molecule has 0 aliphatic carbocycles. The predicted molar refractivity (Wildman–Crippen MR) is 126 cm³/mol. The molecule has 3 aromatic carbocycles. The molecule has 3 rings (SSSR count). The van der Waals surface area contributed by atoms with Crippen LogP contribution in [0.4, 0.5) is 17.1 Å². The van der Waals surface area contributed by atoms with Crippen LogP contribution in [0.15, 0.2) is 77.7 Å². The van der Waals surface area contributed by atoms with Crippen LogP contribution in [0.1, 0.15) is 5.56 Å². The Morgan fingerprint density at radius 1 is 1.06 bits per heavy atom. The molecule has 0 bridgehead atoms. The number of methoxy groups -OCH3 is 1. The molecule has 0 atom stereocenters. The number of benzene rings is 3. The van der Waals surface area contributed by atoms with Gasteiger partial charge in [0, 0.05) is 28.5 Å². The second-order valence-electron chi connectivity index (χ2n) is 6.62. The fourth-order valence-electron chi connectivity index (χ4n) is 2.84. The monoisotopic (exact) mass is 487 g/mol. The Bertz CT molecular complexity index is 1320. The quantitative estimate of drug-likeness (QED) is 0.269. The van der Waals surface area contributed by atoms with Gasteiger partial charge in [-0.05, 0) is 54.6 Å². The van der Waals surface area contributed by atoms with E-state index in [1.165, 1.54) is 73.8 Å². The van der Waals surface area contributed by atoms with Crippen LogP contribution in [0.25, 0.3) is 6.08 Å². The molecule has 33 heavy (non-hydrogen) atoms. The van der Waals surface area contributed by atoms with E-state index in [1.54, 1.807) is 6.07 Å². The second kappa shape index (κ2) is 10.2. The van der Waals surface area contributed by atoms with Gasteiger partial charge in [0.05, 0.1) is 17.6 Å². The fourth-order valence-corrected chi connectivity index (χ4v) is 4.22. The lowest BCUT2D eigenvalue weighted by Gasteiger charge is -2.13. The van der Waals surface area contributed by atoms with Gasteiger partial charge in [-0.25, -0.2) is 8.42 Å². The van der Waals surface area contributed by atoms with E-state index in [0.717, 1.165) is 6.08 Å². The van der Waals surface area contributed by atoms with E-state index in [9.17, 15) is 23.3 Å². The number of carbonyl (C=O) groups is 1. The van der Waals surface area contributed by atoms with E-state index < -0.39 is 20.9 Å². The van der Waals surface area contributed by atoms with Gasteiger partial charge in [0.1, 0.15) is 10.6 Å². The highest BCUT2D eigenvalue weighted by molar-refractivity contribution is 7.92. The number of anilines is 2. The van der Waals surface area contributed by atoms with Gasteiger partial charge in [-0.15, -0.1) is 0 Å². The topological polar surface area (TPSA) is 128 Å². The third-order valence-corrected chi connectivity index (χ3v) is 6.02. The number of para-hydroxylation sites is 1. The summed E-state index contributed by atoms with van der Waals surface area (Å²) >= 11 is 5.83. The summed E-state index contributed by atoms with van der Waals surface area (Å²) < 4.78 is 33.4.